The van der Waals surface area contributed by atoms with Gasteiger partial charge in [-0.25, -0.2) is 9.82 Å². The van der Waals surface area contributed by atoms with E-state index in [9.17, 15) is 14.0 Å². The number of unbranched alkanes of at least 4 members (excludes halogenated alkanes) is 1. The fourth-order valence-electron chi connectivity index (χ4n) is 2.98. The Morgan fingerprint density at radius 3 is 2.47 bits per heavy atom. The molecule has 2 N–H and O–H groups in total. The van der Waals surface area contributed by atoms with Gasteiger partial charge in [-0.15, -0.1) is 0 Å². The van der Waals surface area contributed by atoms with Gasteiger partial charge in [0.1, 0.15) is 11.9 Å². The second-order valence-electron chi connectivity index (χ2n) is 7.90. The minimum atomic E-state index is -0.824. The van der Waals surface area contributed by atoms with Gasteiger partial charge in [-0.3, -0.25) is 9.59 Å². The molecule has 9 heteroatoms. The molecule has 0 aliphatic rings. The maximum absolute atomic E-state index is 13.1. The van der Waals surface area contributed by atoms with Gasteiger partial charge in [0.15, 0.2) is 11.5 Å². The summed E-state index contributed by atoms with van der Waals surface area (Å²) >= 11 is 3.51. The Balaban J connectivity index is 2.08. The Morgan fingerprint density at radius 2 is 1.85 bits per heavy atom. The number of amides is 2. The van der Waals surface area contributed by atoms with Gasteiger partial charge < -0.3 is 14.8 Å². The second kappa shape index (κ2) is 13.7. The van der Waals surface area contributed by atoms with E-state index in [0.717, 1.165) is 12.8 Å². The van der Waals surface area contributed by atoms with Gasteiger partial charge in [0.2, 0.25) is 0 Å². The van der Waals surface area contributed by atoms with E-state index in [1.165, 1.54) is 30.5 Å². The van der Waals surface area contributed by atoms with E-state index in [1.807, 2.05) is 26.8 Å². The van der Waals surface area contributed by atoms with Crippen molar-refractivity contribution < 1.29 is 23.5 Å². The smallest absolute Gasteiger partial charge is 0.262 e. The topological polar surface area (TPSA) is 89.0 Å². The molecule has 0 radical (unpaired) electrons. The summed E-state index contributed by atoms with van der Waals surface area (Å²) in [6.45, 7) is 8.64. The first-order valence-corrected chi connectivity index (χ1v) is 12.0. The molecule has 2 aromatic rings. The second-order valence-corrected chi connectivity index (χ2v) is 8.76. The average molecular weight is 536 g/mol. The van der Waals surface area contributed by atoms with Gasteiger partial charge in [0.25, 0.3) is 11.8 Å². The molecule has 34 heavy (non-hydrogen) atoms. The summed E-state index contributed by atoms with van der Waals surface area (Å²) in [5.41, 5.74) is 3.43. The SMILES string of the molecule is CCCCOc1c(Br)cc(/C=N/NC(=O)C(NC(=O)c2ccc(F)cc2)C(C)C)cc1OCC. The first-order chi connectivity index (χ1) is 16.3. The zero-order chi connectivity index (χ0) is 25.1. The fraction of sp³-hybridized carbons (Fsp3) is 0.400. The Labute approximate surface area is 208 Å². The van der Waals surface area contributed by atoms with Gasteiger partial charge in [-0.05, 0) is 77.2 Å². The molecule has 2 amide bonds. The summed E-state index contributed by atoms with van der Waals surface area (Å²) in [5.74, 6) is -0.374. The summed E-state index contributed by atoms with van der Waals surface area (Å²) in [5, 5.41) is 6.72. The van der Waals surface area contributed by atoms with E-state index in [0.29, 0.717) is 34.7 Å². The third-order valence-electron chi connectivity index (χ3n) is 4.81. The van der Waals surface area contributed by atoms with Crippen molar-refractivity contribution in [1.82, 2.24) is 10.7 Å². The molecule has 0 aromatic heterocycles. The molecular weight excluding hydrogens is 505 g/mol. The van der Waals surface area contributed by atoms with Crippen LogP contribution in [-0.2, 0) is 4.79 Å². The highest BCUT2D eigenvalue weighted by Gasteiger charge is 2.24. The van der Waals surface area contributed by atoms with E-state index in [2.05, 4.69) is 38.7 Å². The number of rotatable bonds is 12. The molecule has 0 bridgehead atoms. The van der Waals surface area contributed by atoms with Gasteiger partial charge in [-0.1, -0.05) is 27.2 Å². The highest BCUT2D eigenvalue weighted by Crippen LogP contribution is 2.36. The van der Waals surface area contributed by atoms with Crippen LogP contribution < -0.4 is 20.2 Å². The number of carbonyl (C=O) groups excluding carboxylic acids is 2. The van der Waals surface area contributed by atoms with E-state index in [1.54, 1.807) is 6.07 Å². The Morgan fingerprint density at radius 1 is 1.15 bits per heavy atom. The third kappa shape index (κ3) is 8.13. The van der Waals surface area contributed by atoms with Gasteiger partial charge in [0, 0.05) is 5.56 Å². The minimum absolute atomic E-state index is 0.196. The quantitative estimate of drug-likeness (QED) is 0.225. The maximum atomic E-state index is 13.1. The molecule has 0 spiro atoms. The number of ether oxygens (including phenoxy) is 2. The van der Waals surface area contributed by atoms with Crippen molar-refractivity contribution >= 4 is 34.0 Å². The largest absolute Gasteiger partial charge is 0.490 e. The van der Waals surface area contributed by atoms with Gasteiger partial charge in [0.05, 0.1) is 23.9 Å². The average Bonchev–Trinajstić information content (AvgIpc) is 2.79. The zero-order valence-electron chi connectivity index (χ0n) is 19.9. The molecule has 2 rings (SSSR count). The summed E-state index contributed by atoms with van der Waals surface area (Å²) in [6, 6.07) is 7.88. The van der Waals surface area contributed by atoms with Crippen molar-refractivity contribution in [2.75, 3.05) is 13.2 Å². The molecule has 0 saturated carbocycles. The number of nitrogens with zero attached hydrogens (tertiary/aromatic N) is 1. The molecule has 1 unspecified atom stereocenters. The number of carbonyl (C=O) groups is 2. The van der Waals surface area contributed by atoms with Crippen LogP contribution in [0.5, 0.6) is 11.5 Å². The first kappa shape index (κ1) is 27.3. The van der Waals surface area contributed by atoms with Crippen LogP contribution in [0.25, 0.3) is 0 Å². The van der Waals surface area contributed by atoms with Crippen LogP contribution in [0, 0.1) is 11.7 Å². The van der Waals surface area contributed by atoms with Crippen LogP contribution in [0.3, 0.4) is 0 Å². The van der Waals surface area contributed by atoms with Gasteiger partial charge in [-0.2, -0.15) is 5.10 Å². The summed E-state index contributed by atoms with van der Waals surface area (Å²) in [7, 11) is 0. The lowest BCUT2D eigenvalue weighted by Crippen LogP contribution is -2.48. The predicted molar refractivity (Wildman–Crippen MR) is 134 cm³/mol. The molecule has 0 fully saturated rings. The molecule has 0 saturated heterocycles. The van der Waals surface area contributed by atoms with Crippen LogP contribution in [0.15, 0.2) is 46.0 Å². The molecule has 0 heterocycles. The van der Waals surface area contributed by atoms with Crippen LogP contribution >= 0.6 is 15.9 Å². The number of benzene rings is 2. The van der Waals surface area contributed by atoms with Crippen molar-refractivity contribution in [1.29, 1.82) is 0 Å². The zero-order valence-corrected chi connectivity index (χ0v) is 21.4. The number of hydrogen-bond donors (Lipinski definition) is 2. The van der Waals surface area contributed by atoms with E-state index in [4.69, 9.17) is 9.47 Å². The maximum Gasteiger partial charge on any atom is 0.262 e. The third-order valence-corrected chi connectivity index (χ3v) is 5.40. The number of nitrogens with one attached hydrogen (secondary N) is 2. The molecule has 1 atom stereocenters. The number of hydrazone groups is 1. The molecule has 184 valence electrons. The lowest BCUT2D eigenvalue weighted by atomic mass is 10.0. The van der Waals surface area contributed by atoms with Crippen LogP contribution in [-0.4, -0.2) is 37.3 Å². The number of halogens is 2. The standard InChI is InChI=1S/C25H31BrFN3O4/c1-5-7-12-34-23-20(26)13-17(14-21(23)33-6-2)15-28-30-25(32)22(16(3)4)29-24(31)18-8-10-19(27)11-9-18/h8-11,13-16,22H,5-7,12H2,1-4H3,(H,29,31)(H,30,32)/b28-15+. The van der Waals surface area contributed by atoms with Crippen LogP contribution in [0.4, 0.5) is 4.39 Å². The Kier molecular flexibility index (Phi) is 11.0. The van der Waals surface area contributed by atoms with Crippen molar-refractivity contribution in [3.63, 3.8) is 0 Å². The van der Waals surface area contributed by atoms with Crippen molar-refractivity contribution in [3.05, 3.63) is 57.8 Å². The summed E-state index contributed by atoms with van der Waals surface area (Å²) < 4.78 is 25.4. The Hall–Kier alpha value is -2.94. The van der Waals surface area contributed by atoms with Crippen LogP contribution in [0.1, 0.15) is 56.5 Å². The lowest BCUT2D eigenvalue weighted by molar-refractivity contribution is -0.123. The van der Waals surface area contributed by atoms with Crippen LogP contribution in [0.2, 0.25) is 0 Å². The van der Waals surface area contributed by atoms with E-state index in [-0.39, 0.29) is 11.5 Å². The molecule has 7 nitrogen and oxygen atoms in total. The molecular formula is C25H31BrFN3O4. The van der Waals surface area contributed by atoms with Gasteiger partial charge >= 0.3 is 0 Å². The van der Waals surface area contributed by atoms with E-state index >= 15 is 0 Å². The van der Waals surface area contributed by atoms with Crippen molar-refractivity contribution in [2.24, 2.45) is 11.0 Å². The highest BCUT2D eigenvalue weighted by molar-refractivity contribution is 9.10. The van der Waals surface area contributed by atoms with E-state index < -0.39 is 23.7 Å². The first-order valence-electron chi connectivity index (χ1n) is 11.2. The molecule has 0 aliphatic carbocycles. The fourth-order valence-corrected chi connectivity index (χ4v) is 3.56. The monoisotopic (exact) mass is 535 g/mol. The normalized spacial score (nSPS) is 12.0. The summed E-state index contributed by atoms with van der Waals surface area (Å²) in [4.78, 5) is 25.1. The lowest BCUT2D eigenvalue weighted by Gasteiger charge is -2.20. The predicted octanol–water partition coefficient (Wildman–Crippen LogP) is 5.07. The number of hydrogen-bond acceptors (Lipinski definition) is 5. The Bertz CT molecular complexity index is 996. The molecule has 2 aromatic carbocycles. The molecule has 0 aliphatic heterocycles. The summed E-state index contributed by atoms with van der Waals surface area (Å²) in [6.07, 6.45) is 3.44. The minimum Gasteiger partial charge on any atom is -0.490 e. The van der Waals surface area contributed by atoms with Crippen molar-refractivity contribution in [2.45, 2.75) is 46.6 Å². The van der Waals surface area contributed by atoms with Crippen molar-refractivity contribution in [3.8, 4) is 11.5 Å². The highest BCUT2D eigenvalue weighted by atomic mass is 79.9.